The van der Waals surface area contributed by atoms with E-state index in [1.54, 1.807) is 25.3 Å². The minimum absolute atomic E-state index is 0.256. The van der Waals surface area contributed by atoms with Crippen LogP contribution in [-0.4, -0.2) is 46.5 Å². The molecule has 0 amide bonds. The number of aromatic carboxylic acids is 1. The second-order valence-corrected chi connectivity index (χ2v) is 8.34. The van der Waals surface area contributed by atoms with E-state index in [0.29, 0.717) is 25.1 Å². The number of hydrogen-bond acceptors (Lipinski definition) is 5. The van der Waals surface area contributed by atoms with Crippen molar-refractivity contribution in [3.8, 4) is 23.1 Å². The van der Waals surface area contributed by atoms with Crippen LogP contribution in [0.1, 0.15) is 27.0 Å². The van der Waals surface area contributed by atoms with Gasteiger partial charge in [0.2, 0.25) is 0 Å². The van der Waals surface area contributed by atoms with Gasteiger partial charge in [0.1, 0.15) is 0 Å². The first-order valence-corrected chi connectivity index (χ1v) is 11.5. The van der Waals surface area contributed by atoms with Crippen LogP contribution in [0.5, 0.6) is 5.88 Å². The highest BCUT2D eigenvalue weighted by Gasteiger charge is 2.38. The molecule has 11 heteroatoms. The lowest BCUT2D eigenvalue weighted by molar-refractivity contribution is -0.192. The number of ether oxygens (including phenoxy) is 1. The number of alkyl halides is 3. The first kappa shape index (κ1) is 28.7. The van der Waals surface area contributed by atoms with E-state index >= 15 is 0 Å². The average Bonchev–Trinajstić information content (AvgIpc) is 3.20. The number of aliphatic carboxylic acids is 1. The van der Waals surface area contributed by atoms with E-state index in [-0.39, 0.29) is 5.56 Å². The number of nitriles is 1. The quantitative estimate of drug-likeness (QED) is 0.298. The molecule has 0 saturated carbocycles. The SMILES string of the molecule is COc1c(CCN)c2cc(-c3cccc(C#N)c3)ccc2n1Cc1ccc(C(=O)O)cc1.O=C(O)C(F)(F)F. The third-order valence-electron chi connectivity index (χ3n) is 5.81. The molecule has 39 heavy (non-hydrogen) atoms. The summed E-state index contributed by atoms with van der Waals surface area (Å²) in [7, 11) is 1.65. The molecule has 1 aromatic heterocycles. The number of nitrogens with two attached hydrogens (primary N) is 1. The van der Waals surface area contributed by atoms with Crippen LogP contribution in [0.25, 0.3) is 22.0 Å². The van der Waals surface area contributed by atoms with Gasteiger partial charge in [-0.15, -0.1) is 0 Å². The van der Waals surface area contributed by atoms with E-state index in [1.807, 2.05) is 36.4 Å². The van der Waals surface area contributed by atoms with E-state index in [4.69, 9.17) is 25.5 Å². The molecular weight excluding hydrogens is 515 g/mol. The van der Waals surface area contributed by atoms with Gasteiger partial charge in [-0.2, -0.15) is 18.4 Å². The number of fused-ring (bicyclic) bond motifs is 1. The van der Waals surface area contributed by atoms with Gasteiger partial charge in [0.25, 0.3) is 0 Å². The van der Waals surface area contributed by atoms with Crippen molar-refractivity contribution < 1.29 is 37.7 Å². The van der Waals surface area contributed by atoms with Crippen LogP contribution in [0.4, 0.5) is 13.2 Å². The molecule has 4 aromatic rings. The largest absolute Gasteiger partial charge is 0.490 e. The van der Waals surface area contributed by atoms with Crippen molar-refractivity contribution in [2.24, 2.45) is 5.73 Å². The molecule has 0 aliphatic rings. The first-order chi connectivity index (χ1) is 18.5. The zero-order chi connectivity index (χ0) is 28.7. The second-order valence-electron chi connectivity index (χ2n) is 8.34. The van der Waals surface area contributed by atoms with Crippen molar-refractivity contribution in [3.05, 3.63) is 89.0 Å². The van der Waals surface area contributed by atoms with Crippen molar-refractivity contribution in [1.29, 1.82) is 5.26 Å². The normalized spacial score (nSPS) is 10.9. The number of carboxylic acids is 2. The molecule has 0 unspecified atom stereocenters. The van der Waals surface area contributed by atoms with E-state index in [0.717, 1.165) is 39.0 Å². The van der Waals surface area contributed by atoms with Gasteiger partial charge >= 0.3 is 18.1 Å². The molecule has 4 rings (SSSR count). The summed E-state index contributed by atoms with van der Waals surface area (Å²) in [6, 6.07) is 22.8. The highest BCUT2D eigenvalue weighted by molar-refractivity contribution is 5.91. The van der Waals surface area contributed by atoms with E-state index in [1.165, 1.54) is 0 Å². The number of methoxy groups -OCH3 is 1. The number of aromatic nitrogens is 1. The maximum Gasteiger partial charge on any atom is 0.490 e. The zero-order valence-corrected chi connectivity index (χ0v) is 20.7. The lowest BCUT2D eigenvalue weighted by Gasteiger charge is -2.11. The summed E-state index contributed by atoms with van der Waals surface area (Å²) in [5, 5.41) is 26.6. The third kappa shape index (κ3) is 6.74. The molecule has 0 spiro atoms. The number of rotatable bonds is 7. The Balaban J connectivity index is 0.000000532. The van der Waals surface area contributed by atoms with Gasteiger partial charge in [0.05, 0.1) is 36.4 Å². The lowest BCUT2D eigenvalue weighted by Crippen LogP contribution is -2.21. The fourth-order valence-corrected chi connectivity index (χ4v) is 4.06. The standard InChI is InChI=1S/C26H23N3O3.C2HF3O2/c1-32-25-22(11-12-27)23-14-21(20-4-2-3-18(13-20)15-28)9-10-24(23)29(25)16-17-5-7-19(8-6-17)26(30)31;3-2(4,5)1(6)7/h2-10,13-14H,11-12,16,27H2,1H3,(H,30,31);(H,6,7). The smallest absolute Gasteiger partial charge is 0.482 e. The molecular formula is C28H24F3N3O5. The fraction of sp³-hybridized carbons (Fsp3) is 0.179. The van der Waals surface area contributed by atoms with Crippen LogP contribution in [-0.2, 0) is 17.8 Å². The molecule has 0 aliphatic heterocycles. The second kappa shape index (κ2) is 12.1. The molecule has 0 radical (unpaired) electrons. The van der Waals surface area contributed by atoms with Crippen molar-refractivity contribution >= 4 is 22.8 Å². The van der Waals surface area contributed by atoms with Crippen molar-refractivity contribution in [2.75, 3.05) is 13.7 Å². The van der Waals surface area contributed by atoms with Crippen molar-refractivity contribution in [2.45, 2.75) is 19.1 Å². The summed E-state index contributed by atoms with van der Waals surface area (Å²) in [5.74, 6) is -2.96. The Bertz CT molecular complexity index is 1540. The highest BCUT2D eigenvalue weighted by atomic mass is 19.4. The average molecular weight is 540 g/mol. The van der Waals surface area contributed by atoms with Crippen molar-refractivity contribution in [1.82, 2.24) is 4.57 Å². The highest BCUT2D eigenvalue weighted by Crippen LogP contribution is 2.36. The molecule has 0 aliphatic carbocycles. The maximum absolute atomic E-state index is 11.2. The third-order valence-corrected chi connectivity index (χ3v) is 5.81. The van der Waals surface area contributed by atoms with Gasteiger partial charge in [0, 0.05) is 10.9 Å². The number of carbonyl (C=O) groups is 2. The van der Waals surface area contributed by atoms with Crippen LogP contribution in [0.15, 0.2) is 66.7 Å². The Morgan fingerprint density at radius 3 is 2.21 bits per heavy atom. The van der Waals surface area contributed by atoms with Crippen LogP contribution in [0.2, 0.25) is 0 Å². The lowest BCUT2D eigenvalue weighted by atomic mass is 10.00. The van der Waals surface area contributed by atoms with Gasteiger partial charge in [-0.3, -0.25) is 0 Å². The van der Waals surface area contributed by atoms with Crippen LogP contribution in [0, 0.1) is 11.3 Å². The van der Waals surface area contributed by atoms with Crippen LogP contribution < -0.4 is 10.5 Å². The monoisotopic (exact) mass is 539 g/mol. The van der Waals surface area contributed by atoms with Gasteiger partial charge < -0.3 is 25.3 Å². The molecule has 0 saturated heterocycles. The molecule has 1 heterocycles. The summed E-state index contributed by atoms with van der Waals surface area (Å²) in [6.07, 6.45) is -4.42. The van der Waals surface area contributed by atoms with Gasteiger partial charge in [-0.1, -0.05) is 30.3 Å². The Labute approximate surface area is 221 Å². The van der Waals surface area contributed by atoms with Crippen LogP contribution in [0.3, 0.4) is 0 Å². The molecule has 0 bridgehead atoms. The van der Waals surface area contributed by atoms with Crippen LogP contribution >= 0.6 is 0 Å². The Hall–Kier alpha value is -4.82. The molecule has 202 valence electrons. The maximum atomic E-state index is 11.2. The van der Waals surface area contributed by atoms with E-state index in [9.17, 15) is 23.2 Å². The van der Waals surface area contributed by atoms with Gasteiger partial charge in [-0.05, 0) is 66.1 Å². The fourth-order valence-electron chi connectivity index (χ4n) is 4.06. The summed E-state index contributed by atoms with van der Waals surface area (Å²) in [5.41, 5.74) is 11.8. The zero-order valence-electron chi connectivity index (χ0n) is 20.7. The molecule has 4 N–H and O–H groups in total. The number of nitrogens with zero attached hydrogens (tertiary/aromatic N) is 2. The molecule has 3 aromatic carbocycles. The Kier molecular flexibility index (Phi) is 8.96. The predicted octanol–water partition coefficient (Wildman–Crippen LogP) is 5.07. The van der Waals surface area contributed by atoms with E-state index in [2.05, 4.69) is 22.8 Å². The molecule has 0 atom stereocenters. The van der Waals surface area contributed by atoms with Gasteiger partial charge in [-0.25, -0.2) is 9.59 Å². The van der Waals surface area contributed by atoms with Crippen molar-refractivity contribution in [3.63, 3.8) is 0 Å². The van der Waals surface area contributed by atoms with E-state index < -0.39 is 18.1 Å². The first-order valence-electron chi connectivity index (χ1n) is 11.5. The Morgan fingerprint density at radius 1 is 1.03 bits per heavy atom. The summed E-state index contributed by atoms with van der Waals surface area (Å²) in [4.78, 5) is 20.1. The predicted molar refractivity (Wildman–Crippen MR) is 138 cm³/mol. The van der Waals surface area contributed by atoms with Gasteiger partial charge in [0.15, 0.2) is 5.88 Å². The summed E-state index contributed by atoms with van der Waals surface area (Å²) < 4.78 is 39.6. The number of carboxylic acid groups (broad SMARTS) is 2. The molecule has 0 fully saturated rings. The topological polar surface area (TPSA) is 139 Å². The summed E-state index contributed by atoms with van der Waals surface area (Å²) >= 11 is 0. The molecule has 8 nitrogen and oxygen atoms in total. The minimum Gasteiger partial charge on any atom is -0.482 e. The summed E-state index contributed by atoms with van der Waals surface area (Å²) in [6.45, 7) is 1.02. The minimum atomic E-state index is -5.08. The Morgan fingerprint density at radius 2 is 1.67 bits per heavy atom. The number of benzene rings is 3. The number of halogens is 3. The number of hydrogen-bond donors (Lipinski definition) is 3.